The van der Waals surface area contributed by atoms with Crippen molar-refractivity contribution in [1.29, 1.82) is 0 Å². The van der Waals surface area contributed by atoms with E-state index in [1.807, 2.05) is 18.2 Å². The van der Waals surface area contributed by atoms with Gasteiger partial charge in [-0.1, -0.05) is 6.07 Å². The summed E-state index contributed by atoms with van der Waals surface area (Å²) in [5.74, 6) is 1.53. The molecule has 2 N–H and O–H groups in total. The van der Waals surface area contributed by atoms with Crippen LogP contribution in [0.4, 0.5) is 0 Å². The molecule has 2 bridgehead atoms. The van der Waals surface area contributed by atoms with Crippen molar-refractivity contribution in [2.45, 2.75) is 50.4 Å². The van der Waals surface area contributed by atoms with Crippen molar-refractivity contribution in [3.05, 3.63) is 23.8 Å². The van der Waals surface area contributed by atoms with Crippen LogP contribution in [0.2, 0.25) is 0 Å². The maximum absolute atomic E-state index is 12.2. The summed E-state index contributed by atoms with van der Waals surface area (Å²) in [6.07, 6.45) is 3.59. The first-order valence-corrected chi connectivity index (χ1v) is 8.28. The van der Waals surface area contributed by atoms with Crippen LogP contribution in [-0.2, 0) is 11.3 Å². The van der Waals surface area contributed by atoms with Crippen molar-refractivity contribution in [3.63, 3.8) is 0 Å². The number of hydrogen-bond acceptors (Lipinski definition) is 5. The Kier molecular flexibility index (Phi) is 3.87. The molecule has 0 radical (unpaired) electrons. The lowest BCUT2D eigenvalue weighted by molar-refractivity contribution is -0.124. The van der Waals surface area contributed by atoms with Crippen molar-refractivity contribution < 1.29 is 19.4 Å². The Morgan fingerprint density at radius 2 is 1.96 bits per heavy atom. The lowest BCUT2D eigenvalue weighted by Crippen LogP contribution is -2.48. The summed E-state index contributed by atoms with van der Waals surface area (Å²) in [5.41, 5.74) is 1.000. The van der Waals surface area contributed by atoms with Crippen molar-refractivity contribution in [1.82, 2.24) is 10.2 Å². The van der Waals surface area contributed by atoms with Gasteiger partial charge in [0.1, 0.15) is 0 Å². The molecule has 3 aliphatic rings. The van der Waals surface area contributed by atoms with Crippen LogP contribution in [0.3, 0.4) is 0 Å². The van der Waals surface area contributed by atoms with E-state index in [2.05, 4.69) is 10.2 Å². The fourth-order valence-corrected chi connectivity index (χ4v) is 3.98. The predicted molar refractivity (Wildman–Crippen MR) is 83.2 cm³/mol. The number of aliphatic hydroxyl groups excluding tert-OH is 1. The van der Waals surface area contributed by atoms with Gasteiger partial charge in [-0.05, 0) is 43.4 Å². The minimum absolute atomic E-state index is 0.0379. The summed E-state index contributed by atoms with van der Waals surface area (Å²) in [6.45, 7) is 1.17. The van der Waals surface area contributed by atoms with Crippen molar-refractivity contribution >= 4 is 5.91 Å². The Morgan fingerprint density at radius 3 is 2.74 bits per heavy atom. The molecular weight excluding hydrogens is 296 g/mol. The third-order valence-electron chi connectivity index (χ3n) is 5.11. The van der Waals surface area contributed by atoms with Crippen molar-refractivity contribution in [2.75, 3.05) is 13.3 Å². The molecule has 2 unspecified atom stereocenters. The zero-order chi connectivity index (χ0) is 15.8. The van der Waals surface area contributed by atoms with E-state index < -0.39 is 0 Å². The molecule has 2 saturated heterocycles. The summed E-state index contributed by atoms with van der Waals surface area (Å²) in [4.78, 5) is 14.5. The number of carbonyl (C=O) groups is 1. The van der Waals surface area contributed by atoms with E-state index in [-0.39, 0.29) is 18.8 Å². The second-order valence-corrected chi connectivity index (χ2v) is 6.65. The number of rotatable bonds is 4. The number of benzene rings is 1. The number of piperidine rings is 1. The standard InChI is InChI=1S/C17H22N2O4/c20-14-6-12-2-3-13(7-14)19(12)9-17(21)18-8-11-1-4-15-16(5-11)23-10-22-15/h1,4-5,12-14,20H,2-3,6-10H2,(H,18,21). The molecular formula is C17H22N2O4. The van der Waals surface area contributed by atoms with Gasteiger partial charge in [0.05, 0.1) is 12.6 Å². The van der Waals surface area contributed by atoms with E-state index >= 15 is 0 Å². The van der Waals surface area contributed by atoms with Crippen LogP contribution < -0.4 is 14.8 Å². The first kappa shape index (κ1) is 14.8. The minimum Gasteiger partial charge on any atom is -0.454 e. The smallest absolute Gasteiger partial charge is 0.234 e. The van der Waals surface area contributed by atoms with Gasteiger partial charge in [-0.3, -0.25) is 9.69 Å². The van der Waals surface area contributed by atoms with Crippen LogP contribution in [0.5, 0.6) is 11.5 Å². The summed E-state index contributed by atoms with van der Waals surface area (Å²) in [5, 5.41) is 12.8. The molecule has 3 heterocycles. The third-order valence-corrected chi connectivity index (χ3v) is 5.11. The van der Waals surface area contributed by atoms with Crippen LogP contribution in [0.1, 0.15) is 31.2 Å². The molecule has 1 aromatic rings. The zero-order valence-electron chi connectivity index (χ0n) is 13.0. The van der Waals surface area contributed by atoms with Crippen LogP contribution in [0.25, 0.3) is 0 Å². The molecule has 1 aromatic carbocycles. The average Bonchev–Trinajstić information content (AvgIpc) is 3.08. The molecule has 23 heavy (non-hydrogen) atoms. The highest BCUT2D eigenvalue weighted by Gasteiger charge is 2.40. The van der Waals surface area contributed by atoms with Crippen LogP contribution in [0, 0.1) is 0 Å². The first-order chi connectivity index (χ1) is 11.2. The van der Waals surface area contributed by atoms with Crippen molar-refractivity contribution in [3.8, 4) is 11.5 Å². The SMILES string of the molecule is O=C(CN1C2CCC1CC(O)C2)NCc1ccc2c(c1)OCO2. The number of carbonyl (C=O) groups excluding carboxylic acids is 1. The molecule has 2 fully saturated rings. The minimum atomic E-state index is -0.194. The predicted octanol–water partition coefficient (Wildman–Crippen LogP) is 1.02. The number of amides is 1. The molecule has 2 atom stereocenters. The maximum atomic E-state index is 12.2. The second kappa shape index (κ2) is 6.02. The summed E-state index contributed by atoms with van der Waals surface area (Å²) < 4.78 is 10.6. The van der Waals surface area contributed by atoms with Gasteiger partial charge >= 0.3 is 0 Å². The monoisotopic (exact) mass is 318 g/mol. The van der Waals surface area contributed by atoms with Gasteiger partial charge in [-0.15, -0.1) is 0 Å². The molecule has 0 aromatic heterocycles. The fourth-order valence-electron chi connectivity index (χ4n) is 3.98. The molecule has 124 valence electrons. The normalized spacial score (nSPS) is 28.8. The number of nitrogens with zero attached hydrogens (tertiary/aromatic N) is 1. The number of hydrogen-bond donors (Lipinski definition) is 2. The Bertz CT molecular complexity index is 592. The van der Waals surface area contributed by atoms with E-state index in [4.69, 9.17) is 9.47 Å². The highest BCUT2D eigenvalue weighted by atomic mass is 16.7. The van der Waals surface area contributed by atoms with Gasteiger partial charge in [0.15, 0.2) is 11.5 Å². The molecule has 6 nitrogen and oxygen atoms in total. The Labute approximate surface area is 135 Å². The van der Waals surface area contributed by atoms with Gasteiger partial charge in [-0.2, -0.15) is 0 Å². The molecule has 1 amide bonds. The van der Waals surface area contributed by atoms with Gasteiger partial charge in [-0.25, -0.2) is 0 Å². The molecule has 3 aliphatic heterocycles. The topological polar surface area (TPSA) is 71.0 Å². The number of aliphatic hydroxyl groups is 1. The Hall–Kier alpha value is -1.79. The molecule has 0 aliphatic carbocycles. The van der Waals surface area contributed by atoms with Gasteiger partial charge < -0.3 is 19.9 Å². The van der Waals surface area contributed by atoms with Crippen LogP contribution in [0.15, 0.2) is 18.2 Å². The number of nitrogens with one attached hydrogen (secondary N) is 1. The third kappa shape index (κ3) is 3.01. The lowest BCUT2D eigenvalue weighted by Gasteiger charge is -2.36. The van der Waals surface area contributed by atoms with E-state index in [1.54, 1.807) is 0 Å². The van der Waals surface area contributed by atoms with Crippen LogP contribution in [-0.4, -0.2) is 47.4 Å². The van der Waals surface area contributed by atoms with E-state index in [9.17, 15) is 9.90 Å². The Balaban J connectivity index is 1.31. The molecule has 0 saturated carbocycles. The quantitative estimate of drug-likeness (QED) is 0.867. The van der Waals surface area contributed by atoms with Gasteiger partial charge in [0.2, 0.25) is 12.7 Å². The largest absolute Gasteiger partial charge is 0.454 e. The Morgan fingerprint density at radius 1 is 1.22 bits per heavy atom. The average molecular weight is 318 g/mol. The van der Waals surface area contributed by atoms with Crippen molar-refractivity contribution in [2.24, 2.45) is 0 Å². The first-order valence-electron chi connectivity index (χ1n) is 8.28. The second-order valence-electron chi connectivity index (χ2n) is 6.65. The zero-order valence-corrected chi connectivity index (χ0v) is 13.0. The summed E-state index contributed by atoms with van der Waals surface area (Å²) in [6, 6.07) is 6.44. The summed E-state index contributed by atoms with van der Waals surface area (Å²) in [7, 11) is 0. The highest BCUT2D eigenvalue weighted by Crippen LogP contribution is 2.35. The number of fused-ring (bicyclic) bond motifs is 3. The number of ether oxygens (including phenoxy) is 2. The molecule has 0 spiro atoms. The maximum Gasteiger partial charge on any atom is 0.234 e. The van der Waals surface area contributed by atoms with Gasteiger partial charge in [0, 0.05) is 18.6 Å². The van der Waals surface area contributed by atoms with E-state index in [1.165, 1.54) is 0 Å². The molecule has 6 heteroatoms. The fraction of sp³-hybridized carbons (Fsp3) is 0.588. The van der Waals surface area contributed by atoms with Crippen LogP contribution >= 0.6 is 0 Å². The summed E-state index contributed by atoms with van der Waals surface area (Å²) >= 11 is 0. The van der Waals surface area contributed by atoms with Gasteiger partial charge in [0.25, 0.3) is 0 Å². The molecule has 4 rings (SSSR count). The van der Waals surface area contributed by atoms with E-state index in [0.29, 0.717) is 25.2 Å². The van der Waals surface area contributed by atoms with E-state index in [0.717, 1.165) is 42.7 Å². The highest BCUT2D eigenvalue weighted by molar-refractivity contribution is 5.78. The lowest BCUT2D eigenvalue weighted by atomic mass is 10.00.